The standard InChI is InChI=1S/C20H16ClN3O4/c1-13(28-18-8-6-14-4-2-3-5-15(14)11-18)20(25)23-22-12-16-10-17(24(26)27)7-9-19(16)21/h2-13H,1H3,(H,23,25)/b22-12-/t13-/m0/s1. The van der Waals surface area contributed by atoms with Crippen molar-refractivity contribution in [3.8, 4) is 5.75 Å². The number of rotatable bonds is 6. The number of carbonyl (C=O) groups excluding carboxylic acids is 1. The van der Waals surface area contributed by atoms with E-state index in [4.69, 9.17) is 16.3 Å². The average molecular weight is 398 g/mol. The number of non-ortho nitro benzene ring substituents is 1. The van der Waals surface area contributed by atoms with Crippen LogP contribution >= 0.6 is 11.6 Å². The molecule has 7 nitrogen and oxygen atoms in total. The number of hydrogen-bond donors (Lipinski definition) is 1. The molecule has 142 valence electrons. The molecule has 0 spiro atoms. The fraction of sp³-hybridized carbons (Fsp3) is 0.100. The monoisotopic (exact) mass is 397 g/mol. The Hall–Kier alpha value is -3.45. The van der Waals surface area contributed by atoms with Crippen LogP contribution in [-0.2, 0) is 4.79 Å². The molecule has 0 saturated heterocycles. The van der Waals surface area contributed by atoms with Crippen molar-refractivity contribution in [2.24, 2.45) is 5.10 Å². The number of hydrogen-bond acceptors (Lipinski definition) is 5. The molecule has 8 heteroatoms. The van der Waals surface area contributed by atoms with Gasteiger partial charge in [-0.15, -0.1) is 0 Å². The van der Waals surface area contributed by atoms with E-state index in [1.165, 1.54) is 24.4 Å². The lowest BCUT2D eigenvalue weighted by molar-refractivity contribution is -0.384. The number of benzene rings is 3. The van der Waals surface area contributed by atoms with Crippen LogP contribution < -0.4 is 10.2 Å². The molecule has 0 aliphatic carbocycles. The summed E-state index contributed by atoms with van der Waals surface area (Å²) in [5, 5.41) is 17.0. The molecule has 0 saturated carbocycles. The highest BCUT2D eigenvalue weighted by Gasteiger charge is 2.14. The molecule has 0 fully saturated rings. The van der Waals surface area contributed by atoms with Gasteiger partial charge in [-0.05, 0) is 35.9 Å². The van der Waals surface area contributed by atoms with Crippen LogP contribution in [0.5, 0.6) is 5.75 Å². The Morgan fingerprint density at radius 2 is 1.93 bits per heavy atom. The smallest absolute Gasteiger partial charge is 0.280 e. The van der Waals surface area contributed by atoms with E-state index < -0.39 is 16.9 Å². The van der Waals surface area contributed by atoms with Crippen molar-refractivity contribution >= 4 is 40.2 Å². The van der Waals surface area contributed by atoms with Gasteiger partial charge in [-0.25, -0.2) is 5.43 Å². The normalized spacial score (nSPS) is 12.1. The summed E-state index contributed by atoms with van der Waals surface area (Å²) < 4.78 is 5.66. The van der Waals surface area contributed by atoms with Gasteiger partial charge < -0.3 is 4.74 Å². The van der Waals surface area contributed by atoms with E-state index in [0.717, 1.165) is 10.8 Å². The fourth-order valence-electron chi connectivity index (χ4n) is 2.50. The molecule has 28 heavy (non-hydrogen) atoms. The van der Waals surface area contributed by atoms with Crippen LogP contribution in [0, 0.1) is 10.1 Å². The Kier molecular flexibility index (Phi) is 5.86. The number of halogens is 1. The third-order valence-corrected chi connectivity index (χ3v) is 4.32. The Bertz CT molecular complexity index is 1070. The highest BCUT2D eigenvalue weighted by atomic mass is 35.5. The average Bonchev–Trinajstić information content (AvgIpc) is 2.69. The van der Waals surface area contributed by atoms with Crippen LogP contribution in [0.4, 0.5) is 5.69 Å². The Labute approximate surface area is 165 Å². The van der Waals surface area contributed by atoms with Gasteiger partial charge in [0.25, 0.3) is 11.6 Å². The largest absolute Gasteiger partial charge is 0.481 e. The number of hydrazone groups is 1. The first-order valence-corrected chi connectivity index (χ1v) is 8.74. The van der Waals surface area contributed by atoms with Gasteiger partial charge in [0.2, 0.25) is 0 Å². The fourth-order valence-corrected chi connectivity index (χ4v) is 2.66. The van der Waals surface area contributed by atoms with Crippen molar-refractivity contribution < 1.29 is 14.5 Å². The third-order valence-electron chi connectivity index (χ3n) is 3.97. The van der Waals surface area contributed by atoms with Crippen LogP contribution in [0.3, 0.4) is 0 Å². The lowest BCUT2D eigenvalue weighted by Crippen LogP contribution is -2.33. The van der Waals surface area contributed by atoms with Gasteiger partial charge >= 0.3 is 0 Å². The summed E-state index contributed by atoms with van der Waals surface area (Å²) in [6, 6.07) is 17.3. The maximum absolute atomic E-state index is 12.2. The first-order valence-electron chi connectivity index (χ1n) is 8.36. The highest BCUT2D eigenvalue weighted by molar-refractivity contribution is 6.33. The Balaban J connectivity index is 1.63. The SMILES string of the molecule is C[C@H](Oc1ccc2ccccc2c1)C(=O)N/N=C\c1cc([N+](=O)[O-])ccc1Cl. The van der Waals surface area contributed by atoms with E-state index in [1.807, 2.05) is 36.4 Å². The number of nitro benzene ring substituents is 1. The summed E-state index contributed by atoms with van der Waals surface area (Å²) in [5.41, 5.74) is 2.54. The zero-order valence-electron chi connectivity index (χ0n) is 14.8. The summed E-state index contributed by atoms with van der Waals surface area (Å²) in [4.78, 5) is 22.5. The van der Waals surface area contributed by atoms with E-state index >= 15 is 0 Å². The number of nitro groups is 1. The quantitative estimate of drug-likeness (QED) is 0.380. The zero-order chi connectivity index (χ0) is 20.1. The second kappa shape index (κ2) is 8.49. The van der Waals surface area contributed by atoms with Gasteiger partial charge in [0.05, 0.1) is 11.1 Å². The topological polar surface area (TPSA) is 93.8 Å². The molecule has 0 aliphatic rings. The molecule has 0 unspecified atom stereocenters. The molecule has 1 amide bonds. The first kappa shape index (κ1) is 19.3. The number of nitrogens with zero attached hydrogens (tertiary/aromatic N) is 2. The lowest BCUT2D eigenvalue weighted by Gasteiger charge is -2.13. The van der Waals surface area contributed by atoms with E-state index in [0.29, 0.717) is 11.3 Å². The molecule has 0 heterocycles. The number of ether oxygens (including phenoxy) is 1. The number of carbonyl (C=O) groups is 1. The van der Waals surface area contributed by atoms with Crippen LogP contribution in [0.25, 0.3) is 10.8 Å². The van der Waals surface area contributed by atoms with E-state index in [2.05, 4.69) is 10.5 Å². The minimum absolute atomic E-state index is 0.120. The number of nitrogens with one attached hydrogen (secondary N) is 1. The minimum atomic E-state index is -0.793. The van der Waals surface area contributed by atoms with Crippen LogP contribution in [0.15, 0.2) is 65.8 Å². The van der Waals surface area contributed by atoms with Crippen molar-refractivity contribution in [2.75, 3.05) is 0 Å². The third kappa shape index (κ3) is 4.63. The number of amides is 1. The maximum atomic E-state index is 12.2. The summed E-state index contributed by atoms with van der Waals surface area (Å²) in [6.45, 7) is 1.60. The molecule has 0 radical (unpaired) electrons. The molecule has 1 atom stereocenters. The first-order chi connectivity index (χ1) is 13.4. The van der Waals surface area contributed by atoms with Gasteiger partial charge in [-0.3, -0.25) is 14.9 Å². The van der Waals surface area contributed by atoms with Gasteiger partial charge in [0, 0.05) is 22.7 Å². The predicted molar refractivity (Wildman–Crippen MR) is 108 cm³/mol. The zero-order valence-corrected chi connectivity index (χ0v) is 15.6. The van der Waals surface area contributed by atoms with E-state index in [9.17, 15) is 14.9 Å². The van der Waals surface area contributed by atoms with Gasteiger partial charge in [-0.2, -0.15) is 5.10 Å². The van der Waals surface area contributed by atoms with Gasteiger partial charge in [0.1, 0.15) is 5.75 Å². The molecular formula is C20H16ClN3O4. The van der Waals surface area contributed by atoms with Crippen LogP contribution in [-0.4, -0.2) is 23.1 Å². The highest BCUT2D eigenvalue weighted by Crippen LogP contribution is 2.22. The van der Waals surface area contributed by atoms with E-state index in [-0.39, 0.29) is 10.7 Å². The van der Waals surface area contributed by atoms with Crippen molar-refractivity contribution in [1.82, 2.24) is 5.43 Å². The molecule has 0 bridgehead atoms. The summed E-state index contributed by atoms with van der Waals surface area (Å²) >= 11 is 5.98. The molecule has 3 rings (SSSR count). The molecule has 0 aliphatic heterocycles. The van der Waals surface area contributed by atoms with E-state index in [1.54, 1.807) is 13.0 Å². The molecule has 1 N–H and O–H groups in total. The van der Waals surface area contributed by atoms with Crippen molar-refractivity contribution in [3.05, 3.63) is 81.4 Å². The minimum Gasteiger partial charge on any atom is -0.481 e. The second-order valence-corrected chi connectivity index (χ2v) is 6.37. The summed E-state index contributed by atoms with van der Waals surface area (Å²) in [5.74, 6) is 0.0954. The summed E-state index contributed by atoms with van der Waals surface area (Å²) in [7, 11) is 0. The van der Waals surface area contributed by atoms with Gasteiger partial charge in [0.15, 0.2) is 6.10 Å². The van der Waals surface area contributed by atoms with Gasteiger partial charge in [-0.1, -0.05) is 41.9 Å². The number of fused-ring (bicyclic) bond motifs is 1. The van der Waals surface area contributed by atoms with Crippen LogP contribution in [0.1, 0.15) is 12.5 Å². The maximum Gasteiger partial charge on any atom is 0.280 e. The van der Waals surface area contributed by atoms with Crippen molar-refractivity contribution in [1.29, 1.82) is 0 Å². The molecule has 3 aromatic rings. The predicted octanol–water partition coefficient (Wildman–Crippen LogP) is 4.32. The molecule has 3 aromatic carbocycles. The van der Waals surface area contributed by atoms with Crippen molar-refractivity contribution in [2.45, 2.75) is 13.0 Å². The van der Waals surface area contributed by atoms with Crippen molar-refractivity contribution in [3.63, 3.8) is 0 Å². The Morgan fingerprint density at radius 1 is 1.18 bits per heavy atom. The van der Waals surface area contributed by atoms with Crippen LogP contribution in [0.2, 0.25) is 5.02 Å². The molecular weight excluding hydrogens is 382 g/mol. The summed E-state index contributed by atoms with van der Waals surface area (Å²) in [6.07, 6.45) is 0.453. The Morgan fingerprint density at radius 3 is 2.68 bits per heavy atom. The molecule has 0 aromatic heterocycles. The lowest BCUT2D eigenvalue weighted by atomic mass is 10.1. The second-order valence-electron chi connectivity index (χ2n) is 5.97.